The van der Waals surface area contributed by atoms with Crippen LogP contribution >= 0.6 is 0 Å². The molecule has 0 spiro atoms. The minimum atomic E-state index is -1.13. The van der Waals surface area contributed by atoms with Crippen LogP contribution in [0.1, 0.15) is 94.1 Å². The molecule has 3 rings (SSSR count). The fourth-order valence-corrected chi connectivity index (χ4v) is 5.05. The maximum absolute atomic E-state index is 11.4. The Morgan fingerprint density at radius 1 is 1.08 bits per heavy atom. The van der Waals surface area contributed by atoms with E-state index < -0.39 is 11.8 Å². The number of hydrogen-bond donors (Lipinski definition) is 1. The van der Waals surface area contributed by atoms with Crippen molar-refractivity contribution < 1.29 is 14.6 Å². The first-order valence-electron chi connectivity index (χ1n) is 9.67. The second kappa shape index (κ2) is 7.58. The van der Waals surface area contributed by atoms with Crippen molar-refractivity contribution >= 4 is 6.16 Å². The van der Waals surface area contributed by atoms with E-state index >= 15 is 0 Å². The number of rotatable bonds is 4. The molecular formula is C21H30O3. The van der Waals surface area contributed by atoms with Gasteiger partial charge in [0, 0.05) is 5.92 Å². The van der Waals surface area contributed by atoms with E-state index in [0.29, 0.717) is 5.92 Å². The van der Waals surface area contributed by atoms with Crippen molar-refractivity contribution in [2.75, 3.05) is 0 Å². The van der Waals surface area contributed by atoms with Gasteiger partial charge in [-0.15, -0.1) is 0 Å². The van der Waals surface area contributed by atoms with Crippen molar-refractivity contribution in [2.45, 2.75) is 88.6 Å². The lowest BCUT2D eigenvalue weighted by Gasteiger charge is -2.43. The summed E-state index contributed by atoms with van der Waals surface area (Å²) in [4.78, 5) is 11.4. The fraction of sp³-hybridized carbons (Fsp3) is 0.667. The average Bonchev–Trinajstić information content (AvgIpc) is 2.62. The number of ether oxygens (including phenoxy) is 1. The van der Waals surface area contributed by atoms with Gasteiger partial charge < -0.3 is 9.84 Å². The van der Waals surface area contributed by atoms with Gasteiger partial charge in [0.05, 0.1) is 0 Å². The average molecular weight is 330 g/mol. The van der Waals surface area contributed by atoms with Gasteiger partial charge in [-0.3, -0.25) is 0 Å². The van der Waals surface area contributed by atoms with Crippen LogP contribution in [0.5, 0.6) is 0 Å². The molecule has 0 aliphatic heterocycles. The summed E-state index contributed by atoms with van der Waals surface area (Å²) in [6, 6.07) is 8.76. The standard InChI is InChI=1S/C21H30O3/c1-2-21(24-20(22)23)15-9-8-14-19(21)18-13-7-6-12-17(18)16-10-4-3-5-11-16/h6-7,12-13,16,19H,2-5,8-11,14-15H2,1H3,(H,22,23). The molecule has 0 aromatic heterocycles. The predicted octanol–water partition coefficient (Wildman–Crippen LogP) is 6.24. The summed E-state index contributed by atoms with van der Waals surface area (Å²) in [5.74, 6) is 0.835. The van der Waals surface area contributed by atoms with Gasteiger partial charge in [-0.05, 0) is 55.6 Å². The third-order valence-corrected chi connectivity index (χ3v) is 6.28. The number of carboxylic acid groups (broad SMARTS) is 1. The monoisotopic (exact) mass is 330 g/mol. The van der Waals surface area contributed by atoms with Crippen LogP contribution in [0.4, 0.5) is 4.79 Å². The Bertz CT molecular complexity index is 562. The minimum absolute atomic E-state index is 0.200. The number of carbonyl (C=O) groups is 1. The molecular weight excluding hydrogens is 300 g/mol. The Labute approximate surface area is 145 Å². The smallest absolute Gasteiger partial charge is 0.450 e. The van der Waals surface area contributed by atoms with E-state index in [1.807, 2.05) is 0 Å². The zero-order chi connectivity index (χ0) is 17.0. The van der Waals surface area contributed by atoms with E-state index in [-0.39, 0.29) is 5.92 Å². The largest absolute Gasteiger partial charge is 0.506 e. The molecule has 0 radical (unpaired) electrons. The molecule has 2 saturated carbocycles. The maximum atomic E-state index is 11.4. The molecule has 24 heavy (non-hydrogen) atoms. The van der Waals surface area contributed by atoms with E-state index in [2.05, 4.69) is 31.2 Å². The first kappa shape index (κ1) is 17.3. The molecule has 0 amide bonds. The van der Waals surface area contributed by atoms with Gasteiger partial charge in [-0.2, -0.15) is 0 Å². The summed E-state index contributed by atoms with van der Waals surface area (Å²) < 4.78 is 5.55. The predicted molar refractivity (Wildman–Crippen MR) is 95.6 cm³/mol. The molecule has 0 heterocycles. The highest BCUT2D eigenvalue weighted by Gasteiger charge is 2.44. The van der Waals surface area contributed by atoms with Crippen molar-refractivity contribution in [1.29, 1.82) is 0 Å². The van der Waals surface area contributed by atoms with E-state index in [1.165, 1.54) is 43.2 Å². The van der Waals surface area contributed by atoms with Crippen LogP contribution in [-0.2, 0) is 4.74 Å². The van der Waals surface area contributed by atoms with Crippen LogP contribution < -0.4 is 0 Å². The Morgan fingerprint density at radius 2 is 1.75 bits per heavy atom. The van der Waals surface area contributed by atoms with Gasteiger partial charge in [0.2, 0.25) is 0 Å². The lowest BCUT2D eigenvalue weighted by molar-refractivity contribution is -0.0585. The Hall–Kier alpha value is -1.51. The van der Waals surface area contributed by atoms with Crippen molar-refractivity contribution in [3.63, 3.8) is 0 Å². The van der Waals surface area contributed by atoms with Crippen LogP contribution in [0.25, 0.3) is 0 Å². The van der Waals surface area contributed by atoms with Crippen LogP contribution in [0, 0.1) is 0 Å². The zero-order valence-corrected chi connectivity index (χ0v) is 14.8. The quantitative estimate of drug-likeness (QED) is 0.665. The molecule has 1 N–H and O–H groups in total. The van der Waals surface area contributed by atoms with E-state index in [9.17, 15) is 9.90 Å². The van der Waals surface area contributed by atoms with Crippen LogP contribution in [0.3, 0.4) is 0 Å². The summed E-state index contributed by atoms with van der Waals surface area (Å²) in [6.07, 6.45) is 10.2. The molecule has 1 aromatic rings. The lowest BCUT2D eigenvalue weighted by atomic mass is 9.67. The van der Waals surface area contributed by atoms with E-state index in [0.717, 1.165) is 32.1 Å². The molecule has 1 aromatic carbocycles. The summed E-state index contributed by atoms with van der Waals surface area (Å²) in [7, 11) is 0. The van der Waals surface area contributed by atoms with Gasteiger partial charge in [0.1, 0.15) is 5.60 Å². The molecule has 2 aliphatic rings. The Balaban J connectivity index is 1.97. The first-order chi connectivity index (χ1) is 11.7. The summed E-state index contributed by atoms with van der Waals surface area (Å²) >= 11 is 0. The second-order valence-electron chi connectivity index (χ2n) is 7.55. The van der Waals surface area contributed by atoms with Gasteiger partial charge in [-0.25, -0.2) is 4.79 Å². The molecule has 3 heteroatoms. The van der Waals surface area contributed by atoms with Crippen LogP contribution in [-0.4, -0.2) is 16.9 Å². The SMILES string of the molecule is CCC1(OC(=O)O)CCCCC1c1ccccc1C1CCCCC1. The fourth-order valence-electron chi connectivity index (χ4n) is 5.05. The van der Waals surface area contributed by atoms with E-state index in [4.69, 9.17) is 4.74 Å². The van der Waals surface area contributed by atoms with Crippen molar-refractivity contribution in [3.05, 3.63) is 35.4 Å². The summed E-state index contributed by atoms with van der Waals surface area (Å²) in [5.41, 5.74) is 2.26. The normalized spacial score (nSPS) is 28.5. The van der Waals surface area contributed by atoms with Crippen molar-refractivity contribution in [3.8, 4) is 0 Å². The highest BCUT2D eigenvalue weighted by Crippen LogP contribution is 2.48. The summed E-state index contributed by atoms with van der Waals surface area (Å²) in [5, 5.41) is 9.32. The Morgan fingerprint density at radius 3 is 2.42 bits per heavy atom. The van der Waals surface area contributed by atoms with Gasteiger partial charge >= 0.3 is 6.16 Å². The molecule has 2 fully saturated rings. The Kier molecular flexibility index (Phi) is 5.47. The second-order valence-corrected chi connectivity index (χ2v) is 7.55. The molecule has 2 atom stereocenters. The highest BCUT2D eigenvalue weighted by atomic mass is 16.7. The van der Waals surface area contributed by atoms with Crippen LogP contribution in [0.2, 0.25) is 0 Å². The molecule has 132 valence electrons. The molecule has 0 saturated heterocycles. The van der Waals surface area contributed by atoms with Gasteiger partial charge in [0.25, 0.3) is 0 Å². The highest BCUT2D eigenvalue weighted by molar-refractivity contribution is 5.58. The zero-order valence-electron chi connectivity index (χ0n) is 14.8. The van der Waals surface area contributed by atoms with Crippen LogP contribution in [0.15, 0.2) is 24.3 Å². The molecule has 2 unspecified atom stereocenters. The van der Waals surface area contributed by atoms with Crippen molar-refractivity contribution in [2.24, 2.45) is 0 Å². The number of hydrogen-bond acceptors (Lipinski definition) is 2. The third-order valence-electron chi connectivity index (χ3n) is 6.28. The molecule has 0 bridgehead atoms. The van der Waals surface area contributed by atoms with Gasteiger partial charge in [0.15, 0.2) is 0 Å². The maximum Gasteiger partial charge on any atom is 0.506 e. The van der Waals surface area contributed by atoms with E-state index in [1.54, 1.807) is 0 Å². The minimum Gasteiger partial charge on any atom is -0.450 e. The summed E-state index contributed by atoms with van der Waals surface area (Å²) in [6.45, 7) is 2.07. The third kappa shape index (κ3) is 3.45. The molecule has 2 aliphatic carbocycles. The van der Waals surface area contributed by atoms with Gasteiger partial charge in [-0.1, -0.05) is 56.9 Å². The first-order valence-corrected chi connectivity index (χ1v) is 9.67. The topological polar surface area (TPSA) is 46.5 Å². The van der Waals surface area contributed by atoms with Crippen molar-refractivity contribution in [1.82, 2.24) is 0 Å². The number of benzene rings is 1. The lowest BCUT2D eigenvalue weighted by Crippen LogP contribution is -2.43. The molecule has 3 nitrogen and oxygen atoms in total.